The molecule has 0 aromatic carbocycles. The Bertz CT molecular complexity index is 408. The van der Waals surface area contributed by atoms with Gasteiger partial charge in [0.1, 0.15) is 0 Å². The third-order valence-corrected chi connectivity index (χ3v) is 3.55. The van der Waals surface area contributed by atoms with Crippen molar-refractivity contribution in [2.24, 2.45) is 12.8 Å². The van der Waals surface area contributed by atoms with Crippen LogP contribution in [-0.2, 0) is 19.0 Å². The second-order valence-corrected chi connectivity index (χ2v) is 6.56. The molecule has 0 saturated carbocycles. The molecule has 1 fully saturated rings. The largest absolute Gasteiger partial charge is 0.327 e. The molecule has 110 valence electrons. The summed E-state index contributed by atoms with van der Waals surface area (Å²) >= 11 is 0. The molecular formula is C14H27ClN4. The molecule has 4 nitrogen and oxygen atoms in total. The van der Waals surface area contributed by atoms with Gasteiger partial charge in [-0.15, -0.1) is 12.4 Å². The van der Waals surface area contributed by atoms with Crippen LogP contribution in [0, 0.1) is 0 Å². The number of aromatic nitrogens is 2. The lowest BCUT2D eigenvalue weighted by Crippen LogP contribution is -2.42. The van der Waals surface area contributed by atoms with Gasteiger partial charge in [0, 0.05) is 43.4 Å². The third kappa shape index (κ3) is 4.20. The normalized spacial score (nSPS) is 21.2. The average Bonchev–Trinajstić information content (AvgIpc) is 2.59. The number of aryl methyl sites for hydroxylation is 1. The van der Waals surface area contributed by atoms with Crippen molar-refractivity contribution < 1.29 is 0 Å². The van der Waals surface area contributed by atoms with Crippen molar-refractivity contribution >= 4 is 12.4 Å². The molecular weight excluding hydrogens is 260 g/mol. The second-order valence-electron chi connectivity index (χ2n) is 6.56. The maximum absolute atomic E-state index is 6.05. The highest BCUT2D eigenvalue weighted by molar-refractivity contribution is 5.85. The molecule has 1 atom stereocenters. The van der Waals surface area contributed by atoms with Crippen LogP contribution >= 0.6 is 12.4 Å². The van der Waals surface area contributed by atoms with Crippen LogP contribution in [0.1, 0.15) is 44.9 Å². The summed E-state index contributed by atoms with van der Waals surface area (Å²) in [5.74, 6) is 0. The monoisotopic (exact) mass is 286 g/mol. The van der Waals surface area contributed by atoms with E-state index in [0.29, 0.717) is 6.04 Å². The van der Waals surface area contributed by atoms with Gasteiger partial charge in [0.15, 0.2) is 0 Å². The Kier molecular flexibility index (Phi) is 5.42. The van der Waals surface area contributed by atoms with Gasteiger partial charge in [0.25, 0.3) is 0 Å². The molecule has 1 aromatic rings. The molecule has 5 heteroatoms. The maximum atomic E-state index is 6.05. The van der Waals surface area contributed by atoms with Crippen molar-refractivity contribution in [1.82, 2.24) is 14.7 Å². The smallest absolute Gasteiger partial charge is 0.0722 e. The van der Waals surface area contributed by atoms with Gasteiger partial charge in [-0.25, -0.2) is 0 Å². The molecule has 0 spiro atoms. The summed E-state index contributed by atoms with van der Waals surface area (Å²) in [6.45, 7) is 9.82. The predicted octanol–water partition coefficient (Wildman–Crippen LogP) is 2.06. The first kappa shape index (κ1) is 16.5. The van der Waals surface area contributed by atoms with E-state index < -0.39 is 0 Å². The number of rotatable bonds is 2. The van der Waals surface area contributed by atoms with Crippen LogP contribution in [0.3, 0.4) is 0 Å². The number of piperidine rings is 1. The minimum absolute atomic E-state index is 0. The van der Waals surface area contributed by atoms with Gasteiger partial charge in [-0.05, 0) is 19.4 Å². The Hall–Kier alpha value is -0.580. The SMILES string of the molecule is Cl.Cn1cc(CN2CCCC(N)C2)c(C(C)(C)C)n1. The van der Waals surface area contributed by atoms with Crippen LogP contribution in [0.5, 0.6) is 0 Å². The molecule has 2 N–H and O–H groups in total. The first-order valence-corrected chi connectivity index (χ1v) is 6.87. The molecule has 2 rings (SSSR count). The Morgan fingerprint density at radius 3 is 2.68 bits per heavy atom. The van der Waals surface area contributed by atoms with E-state index in [2.05, 4.69) is 37.0 Å². The van der Waals surface area contributed by atoms with Crippen molar-refractivity contribution in [2.75, 3.05) is 13.1 Å². The van der Waals surface area contributed by atoms with Crippen LogP contribution < -0.4 is 5.73 Å². The van der Waals surface area contributed by atoms with Gasteiger partial charge in [0.2, 0.25) is 0 Å². The molecule has 0 amide bonds. The van der Waals surface area contributed by atoms with Crippen LogP contribution in [0.4, 0.5) is 0 Å². The Morgan fingerprint density at radius 2 is 2.11 bits per heavy atom. The highest BCUT2D eigenvalue weighted by atomic mass is 35.5. The van der Waals surface area contributed by atoms with Gasteiger partial charge in [-0.2, -0.15) is 5.10 Å². The summed E-state index contributed by atoms with van der Waals surface area (Å²) in [5, 5.41) is 4.63. The topological polar surface area (TPSA) is 47.1 Å². The van der Waals surface area contributed by atoms with Gasteiger partial charge in [-0.1, -0.05) is 20.8 Å². The van der Waals surface area contributed by atoms with Crippen molar-refractivity contribution in [3.05, 3.63) is 17.5 Å². The number of hydrogen-bond acceptors (Lipinski definition) is 3. The van der Waals surface area contributed by atoms with E-state index in [1.165, 1.54) is 17.7 Å². The number of halogens is 1. The highest BCUT2D eigenvalue weighted by Crippen LogP contribution is 2.25. The number of likely N-dealkylation sites (tertiary alicyclic amines) is 1. The van der Waals surface area contributed by atoms with Crippen molar-refractivity contribution in [1.29, 1.82) is 0 Å². The molecule has 2 heterocycles. The summed E-state index contributed by atoms with van der Waals surface area (Å²) in [4.78, 5) is 2.46. The van der Waals surface area contributed by atoms with Gasteiger partial charge in [-0.3, -0.25) is 9.58 Å². The van der Waals surface area contributed by atoms with E-state index in [4.69, 9.17) is 5.73 Å². The highest BCUT2D eigenvalue weighted by Gasteiger charge is 2.24. The van der Waals surface area contributed by atoms with Crippen molar-refractivity contribution in [2.45, 2.75) is 51.6 Å². The van der Waals surface area contributed by atoms with E-state index >= 15 is 0 Å². The fourth-order valence-electron chi connectivity index (χ4n) is 2.76. The molecule has 1 saturated heterocycles. The molecule has 0 radical (unpaired) electrons. The van der Waals surface area contributed by atoms with E-state index in [0.717, 1.165) is 26.1 Å². The standard InChI is InChI=1S/C14H26N4.ClH/c1-14(2,3)13-11(8-17(4)16-13)9-18-7-5-6-12(15)10-18;/h8,12H,5-7,9-10,15H2,1-4H3;1H. The average molecular weight is 287 g/mol. The number of hydrogen-bond donors (Lipinski definition) is 1. The second kappa shape index (κ2) is 6.25. The maximum Gasteiger partial charge on any atom is 0.0722 e. The first-order valence-electron chi connectivity index (χ1n) is 6.87. The van der Waals surface area contributed by atoms with E-state index in [1.807, 2.05) is 11.7 Å². The van der Waals surface area contributed by atoms with Crippen LogP contribution in [0.25, 0.3) is 0 Å². The van der Waals surface area contributed by atoms with Gasteiger partial charge < -0.3 is 5.73 Å². The quantitative estimate of drug-likeness (QED) is 0.905. The Balaban J connectivity index is 0.00000180. The molecule has 1 unspecified atom stereocenters. The van der Waals surface area contributed by atoms with Crippen LogP contribution in [-0.4, -0.2) is 33.8 Å². The Morgan fingerprint density at radius 1 is 1.42 bits per heavy atom. The number of nitrogens with two attached hydrogens (primary N) is 1. The summed E-state index contributed by atoms with van der Waals surface area (Å²) < 4.78 is 1.93. The van der Waals surface area contributed by atoms with Crippen molar-refractivity contribution in [3.63, 3.8) is 0 Å². The number of nitrogens with zero attached hydrogens (tertiary/aromatic N) is 3. The molecule has 0 bridgehead atoms. The molecule has 1 aliphatic rings. The molecule has 0 aliphatic carbocycles. The minimum atomic E-state index is 0. The van der Waals surface area contributed by atoms with Crippen LogP contribution in [0.15, 0.2) is 6.20 Å². The van der Waals surface area contributed by atoms with E-state index in [-0.39, 0.29) is 17.8 Å². The zero-order chi connectivity index (χ0) is 13.3. The summed E-state index contributed by atoms with van der Waals surface area (Å²) in [6.07, 6.45) is 4.53. The predicted molar refractivity (Wildman–Crippen MR) is 81.6 cm³/mol. The minimum Gasteiger partial charge on any atom is -0.327 e. The lowest BCUT2D eigenvalue weighted by molar-refractivity contribution is 0.200. The lowest BCUT2D eigenvalue weighted by atomic mass is 9.89. The third-order valence-electron chi connectivity index (χ3n) is 3.55. The lowest BCUT2D eigenvalue weighted by Gasteiger charge is -2.31. The van der Waals surface area contributed by atoms with E-state index in [1.54, 1.807) is 0 Å². The zero-order valence-corrected chi connectivity index (χ0v) is 13.3. The fraction of sp³-hybridized carbons (Fsp3) is 0.786. The summed E-state index contributed by atoms with van der Waals surface area (Å²) in [6, 6.07) is 0.341. The van der Waals surface area contributed by atoms with Gasteiger partial charge in [0.05, 0.1) is 5.69 Å². The first-order chi connectivity index (χ1) is 8.36. The summed E-state index contributed by atoms with van der Waals surface area (Å²) in [5.41, 5.74) is 8.71. The van der Waals surface area contributed by atoms with E-state index in [9.17, 15) is 0 Å². The van der Waals surface area contributed by atoms with Crippen molar-refractivity contribution in [3.8, 4) is 0 Å². The van der Waals surface area contributed by atoms with Gasteiger partial charge >= 0.3 is 0 Å². The molecule has 19 heavy (non-hydrogen) atoms. The Labute approximate surface area is 122 Å². The van der Waals surface area contributed by atoms with Crippen LogP contribution in [0.2, 0.25) is 0 Å². The fourth-order valence-corrected chi connectivity index (χ4v) is 2.76. The molecule has 1 aliphatic heterocycles. The molecule has 1 aromatic heterocycles. The summed E-state index contributed by atoms with van der Waals surface area (Å²) in [7, 11) is 2.00. The zero-order valence-electron chi connectivity index (χ0n) is 12.5.